The molecule has 12 heavy (non-hydrogen) atoms. The molecule has 1 radical (unpaired) electrons. The van der Waals surface area contributed by atoms with Crippen LogP contribution in [0.3, 0.4) is 0 Å². The van der Waals surface area contributed by atoms with Crippen molar-refractivity contribution in [2.24, 2.45) is 0 Å². The van der Waals surface area contributed by atoms with Gasteiger partial charge in [-0.15, -0.1) is 12.2 Å². The minimum absolute atomic E-state index is 0.312. The molecule has 0 heterocycles. The van der Waals surface area contributed by atoms with Crippen molar-refractivity contribution in [2.75, 3.05) is 6.54 Å². The molecule has 0 aromatic heterocycles. The van der Waals surface area contributed by atoms with Crippen molar-refractivity contribution in [3.8, 4) is 0 Å². The maximum atomic E-state index is 4.21. The first-order valence-electron chi connectivity index (χ1n) is 4.31. The van der Waals surface area contributed by atoms with Crippen LogP contribution in [0.2, 0.25) is 11.0 Å². The summed E-state index contributed by atoms with van der Waals surface area (Å²) >= 11 is 0.312. The fourth-order valence-electron chi connectivity index (χ4n) is 0.716. The van der Waals surface area contributed by atoms with Gasteiger partial charge >= 0.3 is 28.4 Å². The number of benzene rings is 1. The number of para-hydroxylation sites is 1. The van der Waals surface area contributed by atoms with Gasteiger partial charge in [-0.25, -0.2) is 0 Å². The van der Waals surface area contributed by atoms with Crippen LogP contribution in [0.4, 0.5) is 5.69 Å². The summed E-state index contributed by atoms with van der Waals surface area (Å²) in [7, 11) is 0. The minimum atomic E-state index is 0.312. The van der Waals surface area contributed by atoms with Crippen molar-refractivity contribution < 1.29 is 0 Å². The molecule has 0 bridgehead atoms. The van der Waals surface area contributed by atoms with Crippen LogP contribution in [-0.2, 0) is 0 Å². The fourth-order valence-corrected chi connectivity index (χ4v) is 0.716. The molecule has 1 nitrogen and oxygen atoms in total. The molecular formula is C10H16GaN-. The Hall–Kier alpha value is -0.344. The zero-order valence-electron chi connectivity index (χ0n) is 8.12. The van der Waals surface area contributed by atoms with E-state index in [-0.39, 0.29) is 0 Å². The van der Waals surface area contributed by atoms with E-state index >= 15 is 0 Å². The first kappa shape index (κ1) is 11.7. The SMILES string of the molecule is CC[N-]c1ccccc1.[CH3][Ga][CH3]. The third-order valence-corrected chi connectivity index (χ3v) is 1.10. The zero-order chi connectivity index (χ0) is 9.23. The summed E-state index contributed by atoms with van der Waals surface area (Å²) in [5.41, 5.74) is 5.63. The van der Waals surface area contributed by atoms with Crippen LogP contribution in [0, 0.1) is 0 Å². The molecular weight excluding hydrogens is 204 g/mol. The van der Waals surface area contributed by atoms with Gasteiger partial charge in [0.25, 0.3) is 0 Å². The first-order chi connectivity index (χ1) is 5.85. The standard InChI is InChI=1S/C8H10N.2CH3.Ga/c1-2-9-8-6-4-3-5-7-8;;;/h3-7H,2H2,1H3;2*1H3;/q-1;;;. The van der Waals surface area contributed by atoms with E-state index in [2.05, 4.69) is 16.3 Å². The van der Waals surface area contributed by atoms with Gasteiger partial charge in [0.15, 0.2) is 0 Å². The zero-order valence-corrected chi connectivity index (χ0v) is 10.5. The van der Waals surface area contributed by atoms with Gasteiger partial charge in [-0.1, -0.05) is 37.3 Å². The van der Waals surface area contributed by atoms with Crippen LogP contribution in [-0.4, -0.2) is 24.0 Å². The van der Waals surface area contributed by atoms with Gasteiger partial charge in [0, 0.05) is 0 Å². The normalized spacial score (nSPS) is 7.92. The van der Waals surface area contributed by atoms with Crippen molar-refractivity contribution in [3.63, 3.8) is 0 Å². The van der Waals surface area contributed by atoms with Gasteiger partial charge in [0.05, 0.1) is 0 Å². The molecule has 0 fully saturated rings. The molecule has 0 atom stereocenters. The molecule has 0 aliphatic rings. The molecule has 0 saturated carbocycles. The van der Waals surface area contributed by atoms with Crippen molar-refractivity contribution >= 4 is 23.1 Å². The summed E-state index contributed by atoms with van der Waals surface area (Å²) < 4.78 is 0. The van der Waals surface area contributed by atoms with E-state index in [9.17, 15) is 0 Å². The van der Waals surface area contributed by atoms with E-state index in [1.807, 2.05) is 37.3 Å². The van der Waals surface area contributed by atoms with Crippen molar-refractivity contribution in [1.29, 1.82) is 0 Å². The summed E-state index contributed by atoms with van der Waals surface area (Å²) in [6.07, 6.45) is 0. The average molecular weight is 220 g/mol. The number of hydrogen-bond donors (Lipinski definition) is 0. The molecule has 0 aliphatic heterocycles. The van der Waals surface area contributed by atoms with Crippen molar-refractivity contribution in [3.05, 3.63) is 35.6 Å². The monoisotopic (exact) mass is 219 g/mol. The van der Waals surface area contributed by atoms with E-state index in [1.54, 1.807) is 0 Å². The molecule has 0 amide bonds. The van der Waals surface area contributed by atoms with E-state index in [4.69, 9.17) is 0 Å². The third-order valence-electron chi connectivity index (χ3n) is 1.10. The molecule has 2 heteroatoms. The Bertz CT molecular complexity index is 174. The van der Waals surface area contributed by atoms with E-state index < -0.39 is 0 Å². The van der Waals surface area contributed by atoms with Crippen molar-refractivity contribution in [1.82, 2.24) is 0 Å². The molecule has 0 spiro atoms. The molecule has 0 N–H and O–H groups in total. The molecule has 1 aromatic carbocycles. The third kappa shape index (κ3) is 6.37. The summed E-state index contributed by atoms with van der Waals surface area (Å²) in [6.45, 7) is 2.90. The Morgan fingerprint density at radius 1 is 1.17 bits per heavy atom. The van der Waals surface area contributed by atoms with Gasteiger partial charge in [-0.05, 0) is 0 Å². The first-order valence-corrected chi connectivity index (χ1v) is 9.16. The molecule has 0 saturated heterocycles. The fraction of sp³-hybridized carbons (Fsp3) is 0.400. The predicted octanol–water partition coefficient (Wildman–Crippen LogP) is 3.50. The van der Waals surface area contributed by atoms with Crippen LogP contribution >= 0.6 is 0 Å². The van der Waals surface area contributed by atoms with E-state index in [0.717, 1.165) is 12.2 Å². The predicted molar refractivity (Wildman–Crippen MR) is 57.5 cm³/mol. The van der Waals surface area contributed by atoms with Crippen molar-refractivity contribution in [2.45, 2.75) is 17.9 Å². The van der Waals surface area contributed by atoms with Gasteiger partial charge in [0.1, 0.15) is 0 Å². The summed E-state index contributed by atoms with van der Waals surface area (Å²) in [5, 5.41) is 4.21. The Morgan fingerprint density at radius 2 is 1.67 bits per heavy atom. The van der Waals surface area contributed by atoms with Gasteiger partial charge in [-0.2, -0.15) is 0 Å². The Balaban J connectivity index is 0.000000354. The maximum absolute atomic E-state index is 4.21. The van der Waals surface area contributed by atoms with Crippen LogP contribution < -0.4 is 0 Å². The summed E-state index contributed by atoms with van der Waals surface area (Å²) in [5.74, 6) is 0. The van der Waals surface area contributed by atoms with E-state index in [1.165, 1.54) is 0 Å². The van der Waals surface area contributed by atoms with E-state index in [0.29, 0.717) is 17.4 Å². The Labute approximate surface area is 83.4 Å². The summed E-state index contributed by atoms with van der Waals surface area (Å²) in [6, 6.07) is 9.99. The second-order valence-electron chi connectivity index (χ2n) is 2.39. The Morgan fingerprint density at radius 3 is 2.08 bits per heavy atom. The molecule has 1 aromatic rings. The topological polar surface area (TPSA) is 14.1 Å². The molecule has 1 rings (SSSR count). The van der Waals surface area contributed by atoms with Gasteiger partial charge in [0.2, 0.25) is 0 Å². The number of nitrogens with zero attached hydrogens (tertiary/aromatic N) is 1. The Kier molecular flexibility index (Phi) is 8.50. The average Bonchev–Trinajstić information content (AvgIpc) is 2.08. The van der Waals surface area contributed by atoms with Crippen LogP contribution in [0.15, 0.2) is 30.3 Å². The molecule has 0 aliphatic carbocycles. The van der Waals surface area contributed by atoms with Gasteiger partial charge < -0.3 is 5.32 Å². The quantitative estimate of drug-likeness (QED) is 0.677. The second-order valence-corrected chi connectivity index (χ2v) is 4.81. The molecule has 65 valence electrons. The number of hydrogen-bond acceptors (Lipinski definition) is 0. The summed E-state index contributed by atoms with van der Waals surface area (Å²) in [4.78, 5) is 0. The number of rotatable bonds is 2. The van der Waals surface area contributed by atoms with Crippen LogP contribution in [0.25, 0.3) is 5.32 Å². The van der Waals surface area contributed by atoms with Crippen LogP contribution in [0.1, 0.15) is 6.92 Å². The van der Waals surface area contributed by atoms with Gasteiger partial charge in [-0.3, -0.25) is 0 Å². The van der Waals surface area contributed by atoms with Crippen LogP contribution in [0.5, 0.6) is 0 Å². The molecule has 0 unspecified atom stereocenters. The second kappa shape index (κ2) is 8.75.